The molecule has 1 amide bonds. The summed E-state index contributed by atoms with van der Waals surface area (Å²) in [5, 5.41) is 14.5. The lowest BCUT2D eigenvalue weighted by atomic mass is 9.94. The number of halogens is 1. The largest absolute Gasteiger partial charge is 0.488 e. The third-order valence-electron chi connectivity index (χ3n) is 5.64. The summed E-state index contributed by atoms with van der Waals surface area (Å²) < 4.78 is 6.79. The quantitative estimate of drug-likeness (QED) is 0.242. The molecule has 1 aliphatic heterocycles. The van der Waals surface area contributed by atoms with E-state index in [-0.39, 0.29) is 24.2 Å². The van der Waals surface area contributed by atoms with Crippen molar-refractivity contribution in [2.45, 2.75) is 44.8 Å². The number of benzene rings is 2. The highest BCUT2D eigenvalue weighted by molar-refractivity contribution is 9.10. The summed E-state index contributed by atoms with van der Waals surface area (Å²) in [7, 11) is 0. The number of rotatable bonds is 6. The fraction of sp³-hybridized carbons (Fsp3) is 0.304. The molecule has 32 heavy (non-hydrogen) atoms. The number of non-ortho nitro benzene ring substituents is 1. The minimum Gasteiger partial charge on any atom is -0.488 e. The van der Waals surface area contributed by atoms with Crippen molar-refractivity contribution in [1.29, 1.82) is 0 Å². The number of nitrogens with zero attached hydrogens (tertiary/aromatic N) is 2. The molecule has 0 atom stereocenters. The predicted molar refractivity (Wildman–Crippen MR) is 129 cm³/mol. The van der Waals surface area contributed by atoms with Crippen LogP contribution in [-0.2, 0) is 11.4 Å². The zero-order valence-electron chi connectivity index (χ0n) is 17.3. The summed E-state index contributed by atoms with van der Waals surface area (Å²) in [5.41, 5.74) is 1.81. The Morgan fingerprint density at radius 3 is 2.75 bits per heavy atom. The molecule has 1 aliphatic carbocycles. The predicted octanol–water partition coefficient (Wildman–Crippen LogP) is 5.33. The molecule has 0 unspecified atom stereocenters. The van der Waals surface area contributed by atoms with Crippen molar-refractivity contribution >= 4 is 50.9 Å². The Hall–Kier alpha value is -2.78. The summed E-state index contributed by atoms with van der Waals surface area (Å²) in [6.45, 7) is 0.160. The third-order valence-corrected chi connectivity index (χ3v) is 6.43. The summed E-state index contributed by atoms with van der Waals surface area (Å²) in [4.78, 5) is 25.4. The summed E-state index contributed by atoms with van der Waals surface area (Å²) in [6, 6.07) is 12.0. The summed E-state index contributed by atoms with van der Waals surface area (Å²) >= 11 is 8.92. The zero-order valence-corrected chi connectivity index (χ0v) is 19.7. The van der Waals surface area contributed by atoms with Gasteiger partial charge in [0.2, 0.25) is 0 Å². The number of thiocarbonyl (C=S) groups is 1. The molecule has 2 aliphatic rings. The highest BCUT2D eigenvalue weighted by Gasteiger charge is 2.36. The first-order valence-electron chi connectivity index (χ1n) is 10.4. The lowest BCUT2D eigenvalue weighted by Gasteiger charge is -2.29. The fourth-order valence-corrected chi connectivity index (χ4v) is 4.78. The van der Waals surface area contributed by atoms with Crippen LogP contribution in [0, 0.1) is 10.1 Å². The Morgan fingerprint density at radius 1 is 1.22 bits per heavy atom. The van der Waals surface area contributed by atoms with Gasteiger partial charge < -0.3 is 10.1 Å². The molecular weight excluding hydrogens is 494 g/mol. The molecule has 166 valence electrons. The van der Waals surface area contributed by atoms with Crippen LogP contribution in [0.2, 0.25) is 0 Å². The maximum atomic E-state index is 13.1. The second kappa shape index (κ2) is 9.79. The Kier molecular flexibility index (Phi) is 6.86. The minimum absolute atomic E-state index is 0.0151. The van der Waals surface area contributed by atoms with Gasteiger partial charge in [-0.25, -0.2) is 0 Å². The number of ether oxygens (including phenoxy) is 1. The van der Waals surface area contributed by atoms with Gasteiger partial charge in [-0.05, 0) is 54.9 Å². The molecule has 2 fully saturated rings. The lowest BCUT2D eigenvalue weighted by molar-refractivity contribution is -0.384. The highest BCUT2D eigenvalue weighted by Crippen LogP contribution is 2.30. The average molecular weight is 516 g/mol. The molecule has 2 aromatic carbocycles. The third kappa shape index (κ3) is 4.99. The molecule has 9 heteroatoms. The van der Waals surface area contributed by atoms with E-state index in [4.69, 9.17) is 17.0 Å². The first-order chi connectivity index (χ1) is 15.4. The van der Waals surface area contributed by atoms with Gasteiger partial charge in [0, 0.05) is 28.2 Å². The topological polar surface area (TPSA) is 84.7 Å². The van der Waals surface area contributed by atoms with Crippen molar-refractivity contribution in [3.63, 3.8) is 0 Å². The molecule has 1 heterocycles. The van der Waals surface area contributed by atoms with Gasteiger partial charge in [-0.3, -0.25) is 19.8 Å². The van der Waals surface area contributed by atoms with Crippen LogP contribution in [0.25, 0.3) is 6.08 Å². The second-order valence-electron chi connectivity index (χ2n) is 7.85. The average Bonchev–Trinajstić information content (AvgIpc) is 3.06. The van der Waals surface area contributed by atoms with Crippen molar-refractivity contribution < 1.29 is 14.5 Å². The Balaban J connectivity index is 1.55. The molecule has 1 saturated heterocycles. The molecule has 7 nitrogen and oxygen atoms in total. The van der Waals surface area contributed by atoms with E-state index >= 15 is 0 Å². The van der Waals surface area contributed by atoms with Crippen molar-refractivity contribution in [1.82, 2.24) is 10.2 Å². The van der Waals surface area contributed by atoms with Crippen LogP contribution in [0.4, 0.5) is 5.69 Å². The van der Waals surface area contributed by atoms with E-state index in [0.29, 0.717) is 27.7 Å². The van der Waals surface area contributed by atoms with Crippen molar-refractivity contribution in [3.8, 4) is 5.75 Å². The van der Waals surface area contributed by atoms with E-state index in [2.05, 4.69) is 21.2 Å². The second-order valence-corrected chi connectivity index (χ2v) is 9.16. The van der Waals surface area contributed by atoms with Crippen LogP contribution in [0.3, 0.4) is 0 Å². The van der Waals surface area contributed by atoms with Gasteiger partial charge >= 0.3 is 0 Å². The van der Waals surface area contributed by atoms with E-state index in [0.717, 1.165) is 30.2 Å². The smallest absolute Gasteiger partial charge is 0.276 e. The van der Waals surface area contributed by atoms with Crippen LogP contribution < -0.4 is 10.1 Å². The number of nitro groups is 1. The van der Waals surface area contributed by atoms with Crippen LogP contribution in [0.15, 0.2) is 52.6 Å². The monoisotopic (exact) mass is 515 g/mol. The van der Waals surface area contributed by atoms with E-state index < -0.39 is 4.92 Å². The zero-order chi connectivity index (χ0) is 22.7. The van der Waals surface area contributed by atoms with Crippen LogP contribution in [0.5, 0.6) is 5.75 Å². The molecule has 2 aromatic rings. The molecule has 0 aromatic heterocycles. The van der Waals surface area contributed by atoms with Gasteiger partial charge in [0.25, 0.3) is 11.6 Å². The number of carbonyl (C=O) groups excluding carboxylic acids is 1. The molecule has 1 N–H and O–H groups in total. The standard InChI is InChI=1S/C23H22BrN3O4S/c24-17-9-10-21(31-14-15-5-4-8-19(11-15)27(29)30)16(12-17)13-20-22(28)26(23(32)25-20)18-6-2-1-3-7-18/h4-5,8-13,18H,1-3,6-7,14H2,(H,25,32)/b20-13-. The van der Waals surface area contributed by atoms with Crippen molar-refractivity contribution in [2.24, 2.45) is 0 Å². The van der Waals surface area contributed by atoms with E-state index in [9.17, 15) is 14.9 Å². The molecule has 4 rings (SSSR count). The van der Waals surface area contributed by atoms with Crippen LogP contribution in [-0.4, -0.2) is 26.9 Å². The SMILES string of the molecule is O=C1/C(=C/c2cc(Br)ccc2OCc2cccc([N+](=O)[O-])c2)NC(=S)N1C1CCCCC1. The number of amides is 1. The number of nitro benzene ring substituents is 1. The van der Waals surface area contributed by atoms with Crippen LogP contribution >= 0.6 is 28.1 Å². The summed E-state index contributed by atoms with van der Waals surface area (Å²) in [6.07, 6.45) is 7.09. The molecule has 0 radical (unpaired) electrons. The fourth-order valence-electron chi connectivity index (χ4n) is 4.06. The normalized spacial score (nSPS) is 18.2. The first-order valence-corrected chi connectivity index (χ1v) is 11.6. The number of carbonyl (C=O) groups is 1. The first kappa shape index (κ1) is 22.4. The Morgan fingerprint density at radius 2 is 2.00 bits per heavy atom. The molecular formula is C23H22BrN3O4S. The lowest BCUT2D eigenvalue weighted by Crippen LogP contribution is -2.41. The molecule has 1 saturated carbocycles. The highest BCUT2D eigenvalue weighted by atomic mass is 79.9. The van der Waals surface area contributed by atoms with E-state index in [1.807, 2.05) is 12.1 Å². The van der Waals surface area contributed by atoms with E-state index in [1.165, 1.54) is 18.6 Å². The Labute approximate surface area is 199 Å². The van der Waals surface area contributed by atoms with Crippen LogP contribution in [0.1, 0.15) is 43.2 Å². The van der Waals surface area contributed by atoms with Gasteiger partial charge in [-0.2, -0.15) is 0 Å². The maximum Gasteiger partial charge on any atom is 0.276 e. The number of nitrogens with one attached hydrogen (secondary N) is 1. The summed E-state index contributed by atoms with van der Waals surface area (Å²) in [5.74, 6) is 0.440. The maximum absolute atomic E-state index is 13.1. The number of hydrogen-bond donors (Lipinski definition) is 1. The molecule has 0 bridgehead atoms. The van der Waals surface area contributed by atoms with E-state index in [1.54, 1.807) is 29.2 Å². The minimum atomic E-state index is -0.433. The Bertz CT molecular complexity index is 1100. The van der Waals surface area contributed by atoms with Gasteiger partial charge in [-0.1, -0.05) is 47.3 Å². The van der Waals surface area contributed by atoms with Crippen molar-refractivity contribution in [3.05, 3.63) is 73.9 Å². The van der Waals surface area contributed by atoms with Gasteiger partial charge in [-0.15, -0.1) is 0 Å². The van der Waals surface area contributed by atoms with Gasteiger partial charge in [0.1, 0.15) is 18.1 Å². The van der Waals surface area contributed by atoms with Crippen molar-refractivity contribution in [2.75, 3.05) is 0 Å². The number of hydrogen-bond acceptors (Lipinski definition) is 5. The molecule has 0 spiro atoms. The van der Waals surface area contributed by atoms with Gasteiger partial charge in [0.15, 0.2) is 5.11 Å². The van der Waals surface area contributed by atoms with Gasteiger partial charge in [0.05, 0.1) is 4.92 Å².